The van der Waals surface area contributed by atoms with Gasteiger partial charge >= 0.3 is 12.3 Å². The SMILES string of the molecule is CC(C)(C)OC(=O)N1CC(CC#N)(N2NC(Nc3ccnc(C(F)(F)F)c3)C3C(=O)NCCC32)C1. The summed E-state index contributed by atoms with van der Waals surface area (Å²) in [6, 6.07) is 4.14. The molecule has 0 radical (unpaired) electrons. The van der Waals surface area contributed by atoms with Crippen LogP contribution in [0.25, 0.3) is 0 Å². The van der Waals surface area contributed by atoms with E-state index in [4.69, 9.17) is 4.74 Å². The molecule has 0 aliphatic carbocycles. The van der Waals surface area contributed by atoms with E-state index < -0.39 is 41.2 Å². The van der Waals surface area contributed by atoms with Crippen molar-refractivity contribution in [2.24, 2.45) is 5.92 Å². The van der Waals surface area contributed by atoms with E-state index in [1.807, 2.05) is 5.01 Å². The Balaban J connectivity index is 1.56. The summed E-state index contributed by atoms with van der Waals surface area (Å²) >= 11 is 0. The first-order chi connectivity index (χ1) is 16.3. The largest absolute Gasteiger partial charge is 0.444 e. The van der Waals surface area contributed by atoms with Crippen LogP contribution in [0.15, 0.2) is 18.3 Å². The number of ether oxygens (including phenoxy) is 1. The number of anilines is 1. The molecule has 1 aromatic rings. The van der Waals surface area contributed by atoms with Gasteiger partial charge in [-0.05, 0) is 39.3 Å². The number of carbonyl (C=O) groups is 2. The van der Waals surface area contributed by atoms with Crippen LogP contribution in [0.4, 0.5) is 23.7 Å². The molecule has 10 nitrogen and oxygen atoms in total. The fourth-order valence-corrected chi connectivity index (χ4v) is 4.89. The van der Waals surface area contributed by atoms with Crippen molar-refractivity contribution in [2.45, 2.75) is 63.1 Å². The minimum absolute atomic E-state index is 0.0876. The molecule has 0 aromatic carbocycles. The van der Waals surface area contributed by atoms with E-state index >= 15 is 0 Å². The summed E-state index contributed by atoms with van der Waals surface area (Å²) in [4.78, 5) is 30.2. The van der Waals surface area contributed by atoms with Crippen LogP contribution in [-0.4, -0.2) is 69.9 Å². The predicted octanol–water partition coefficient (Wildman–Crippen LogP) is 2.07. The number of hydrogen-bond donors (Lipinski definition) is 3. The van der Waals surface area contributed by atoms with E-state index in [0.29, 0.717) is 13.0 Å². The lowest BCUT2D eigenvalue weighted by atomic mass is 9.82. The van der Waals surface area contributed by atoms with Gasteiger partial charge in [-0.15, -0.1) is 0 Å². The monoisotopic (exact) mass is 495 g/mol. The van der Waals surface area contributed by atoms with E-state index in [0.717, 1.165) is 12.3 Å². The Labute approximate surface area is 200 Å². The minimum atomic E-state index is -4.61. The number of pyridine rings is 1. The molecular weight excluding hydrogens is 467 g/mol. The van der Waals surface area contributed by atoms with Crippen LogP contribution in [0.2, 0.25) is 0 Å². The second-order valence-electron chi connectivity index (χ2n) is 10.1. The van der Waals surface area contributed by atoms with Crippen molar-refractivity contribution < 1.29 is 27.5 Å². The number of nitrogens with zero attached hydrogens (tertiary/aromatic N) is 4. The number of amides is 2. The van der Waals surface area contributed by atoms with Crippen LogP contribution in [0, 0.1) is 17.2 Å². The second-order valence-corrected chi connectivity index (χ2v) is 10.1. The van der Waals surface area contributed by atoms with Crippen molar-refractivity contribution >= 4 is 17.7 Å². The van der Waals surface area contributed by atoms with Crippen molar-refractivity contribution in [1.82, 2.24) is 25.6 Å². The highest BCUT2D eigenvalue weighted by molar-refractivity contribution is 5.82. The van der Waals surface area contributed by atoms with Gasteiger partial charge in [-0.2, -0.15) is 18.4 Å². The molecule has 3 saturated heterocycles. The average molecular weight is 496 g/mol. The number of piperidine rings is 1. The van der Waals surface area contributed by atoms with Crippen LogP contribution in [0.1, 0.15) is 39.3 Å². The second kappa shape index (κ2) is 8.83. The zero-order valence-corrected chi connectivity index (χ0v) is 19.6. The van der Waals surface area contributed by atoms with Crippen molar-refractivity contribution in [3.8, 4) is 6.07 Å². The molecule has 190 valence electrons. The first-order valence-electron chi connectivity index (χ1n) is 11.3. The lowest BCUT2D eigenvalue weighted by Crippen LogP contribution is -2.74. The molecule has 3 fully saturated rings. The standard InChI is InChI=1S/C22H28F3N7O3/c1-20(2,3)35-19(34)31-11-21(12-31,6-7-26)32-14-5-9-28-18(33)16(14)17(30-32)29-13-4-8-27-15(10-13)22(23,24)25/h4,8,10,14,16-17,30H,5-6,9,11-12H2,1-3H3,(H,27,29)(H,28,33). The maximum absolute atomic E-state index is 13.1. The highest BCUT2D eigenvalue weighted by Crippen LogP contribution is 2.40. The average Bonchev–Trinajstić information content (AvgIpc) is 3.08. The number of nitriles is 1. The third-order valence-electron chi connectivity index (χ3n) is 6.34. The highest BCUT2D eigenvalue weighted by atomic mass is 19.4. The molecule has 1 aromatic heterocycles. The van der Waals surface area contributed by atoms with Crippen LogP contribution in [0.5, 0.6) is 0 Å². The summed E-state index contributed by atoms with van der Waals surface area (Å²) in [7, 11) is 0. The van der Waals surface area contributed by atoms with Gasteiger partial charge in [-0.3, -0.25) is 9.78 Å². The van der Waals surface area contributed by atoms with Crippen LogP contribution in [0.3, 0.4) is 0 Å². The lowest BCUT2D eigenvalue weighted by Gasteiger charge is -2.55. The van der Waals surface area contributed by atoms with E-state index in [1.165, 1.54) is 11.0 Å². The molecule has 3 unspecified atom stereocenters. The smallest absolute Gasteiger partial charge is 0.433 e. The number of nitrogens with one attached hydrogen (secondary N) is 3. The number of carbonyl (C=O) groups excluding carboxylic acids is 2. The van der Waals surface area contributed by atoms with Crippen molar-refractivity contribution in [2.75, 3.05) is 25.0 Å². The third-order valence-corrected chi connectivity index (χ3v) is 6.34. The molecule has 4 rings (SSSR count). The summed E-state index contributed by atoms with van der Waals surface area (Å²) in [5, 5.41) is 17.2. The molecule has 35 heavy (non-hydrogen) atoms. The van der Waals surface area contributed by atoms with E-state index in [9.17, 15) is 28.0 Å². The number of aromatic nitrogens is 1. The quantitative estimate of drug-likeness (QED) is 0.580. The van der Waals surface area contributed by atoms with Gasteiger partial charge in [0.2, 0.25) is 5.91 Å². The molecule has 2 amide bonds. The minimum Gasteiger partial charge on any atom is -0.444 e. The molecule has 3 atom stereocenters. The first kappa shape index (κ1) is 25.0. The number of fused-ring (bicyclic) bond motifs is 1. The van der Waals surface area contributed by atoms with E-state index in [1.54, 1.807) is 20.8 Å². The lowest BCUT2D eigenvalue weighted by molar-refractivity contribution is -0.141. The molecule has 0 saturated carbocycles. The molecule has 3 aliphatic rings. The Hall–Kier alpha value is -3.11. The molecule has 3 N–H and O–H groups in total. The molecule has 0 bridgehead atoms. The van der Waals surface area contributed by atoms with Crippen molar-refractivity contribution in [1.29, 1.82) is 5.26 Å². The van der Waals surface area contributed by atoms with Gasteiger partial charge in [0, 0.05) is 37.6 Å². The predicted molar refractivity (Wildman–Crippen MR) is 117 cm³/mol. The summed E-state index contributed by atoms with van der Waals surface area (Å²) in [5.74, 6) is -0.869. The topological polar surface area (TPSA) is 123 Å². The number of hydrogen-bond acceptors (Lipinski definition) is 8. The van der Waals surface area contributed by atoms with Crippen LogP contribution in [-0.2, 0) is 15.7 Å². The number of likely N-dealkylation sites (tertiary alicyclic amines) is 1. The molecule has 0 spiro atoms. The van der Waals surface area contributed by atoms with Gasteiger partial charge in [0.05, 0.1) is 23.9 Å². The maximum Gasteiger partial charge on any atom is 0.433 e. The van der Waals surface area contributed by atoms with Crippen LogP contribution >= 0.6 is 0 Å². The van der Waals surface area contributed by atoms with Gasteiger partial charge in [0.1, 0.15) is 17.5 Å². The fraction of sp³-hybridized carbons (Fsp3) is 0.636. The van der Waals surface area contributed by atoms with Crippen molar-refractivity contribution in [3.05, 3.63) is 24.0 Å². The Morgan fingerprint density at radius 2 is 2.09 bits per heavy atom. The number of rotatable bonds is 4. The first-order valence-corrected chi connectivity index (χ1v) is 11.3. The summed E-state index contributed by atoms with van der Waals surface area (Å²) in [6.45, 7) is 6.15. The molecular formula is C22H28F3N7O3. The van der Waals surface area contributed by atoms with Gasteiger partial charge in [0.15, 0.2) is 0 Å². The number of alkyl halides is 3. The fourth-order valence-electron chi connectivity index (χ4n) is 4.89. The van der Waals surface area contributed by atoms with Crippen molar-refractivity contribution in [3.63, 3.8) is 0 Å². The molecule has 13 heteroatoms. The Morgan fingerprint density at radius 3 is 2.71 bits per heavy atom. The molecule has 4 heterocycles. The number of halogens is 3. The number of hydrazine groups is 1. The summed E-state index contributed by atoms with van der Waals surface area (Å²) in [6.07, 6.45) is -4.11. The molecule has 3 aliphatic heterocycles. The van der Waals surface area contributed by atoms with E-state index in [2.05, 4.69) is 27.1 Å². The third kappa shape index (κ3) is 4.99. The highest BCUT2D eigenvalue weighted by Gasteiger charge is 2.59. The van der Waals surface area contributed by atoms with Gasteiger partial charge in [-0.1, -0.05) is 0 Å². The van der Waals surface area contributed by atoms with Gasteiger partial charge in [0.25, 0.3) is 0 Å². The zero-order valence-electron chi connectivity index (χ0n) is 19.6. The zero-order chi connectivity index (χ0) is 25.6. The summed E-state index contributed by atoms with van der Waals surface area (Å²) < 4.78 is 44.8. The Bertz CT molecular complexity index is 1030. The summed E-state index contributed by atoms with van der Waals surface area (Å²) in [5.41, 5.74) is 0.909. The Morgan fingerprint density at radius 1 is 1.37 bits per heavy atom. The Kier molecular flexibility index (Phi) is 6.31. The normalized spacial score (nSPS) is 26.3. The van der Waals surface area contributed by atoms with Gasteiger partial charge < -0.3 is 20.3 Å². The van der Waals surface area contributed by atoms with Crippen LogP contribution < -0.4 is 16.1 Å². The van der Waals surface area contributed by atoms with Gasteiger partial charge in [-0.25, -0.2) is 15.2 Å². The maximum atomic E-state index is 13.1. The van der Waals surface area contributed by atoms with E-state index in [-0.39, 0.29) is 37.1 Å².